The molecular weight excluding hydrogens is 969 g/mol. The van der Waals surface area contributed by atoms with Gasteiger partial charge in [0.2, 0.25) is 0 Å². The minimum atomic E-state index is -0.0604. The maximum atomic E-state index is 3.91. The third kappa shape index (κ3) is 9.69. The van der Waals surface area contributed by atoms with Crippen molar-refractivity contribution >= 4 is 32.9 Å². The summed E-state index contributed by atoms with van der Waals surface area (Å²) in [5.74, 6) is 0. The molecule has 2 aliphatic rings. The Morgan fingerprint density at radius 2 is 0.475 bits per heavy atom. The lowest BCUT2D eigenvalue weighted by atomic mass is 9.87. The van der Waals surface area contributed by atoms with Gasteiger partial charge in [-0.2, -0.15) is 0 Å². The first kappa shape index (κ1) is 48.5. The van der Waals surface area contributed by atoms with Crippen LogP contribution in [0.5, 0.6) is 0 Å². The van der Waals surface area contributed by atoms with Crippen molar-refractivity contribution in [3.05, 3.63) is 337 Å². The first-order valence-electron chi connectivity index (χ1n) is 27.8. The van der Waals surface area contributed by atoms with Crippen LogP contribution in [0.1, 0.15) is 57.8 Å². The fraction of sp³-hybridized carbons (Fsp3) is 0.0526. The van der Waals surface area contributed by atoms with E-state index in [-0.39, 0.29) is 24.4 Å². The molecule has 0 saturated carbocycles. The van der Waals surface area contributed by atoms with E-state index in [9.17, 15) is 0 Å². The second-order valence-electron chi connectivity index (χ2n) is 21.0. The summed E-state index contributed by atoms with van der Waals surface area (Å²) in [7, 11) is 0. The monoisotopic (exact) mass is 1030 g/mol. The lowest BCUT2D eigenvalue weighted by molar-refractivity contribution is 0.442. The SMILES string of the molecule is C1=C(c2ccc(-c3ccc(-c4ccc(-c5ccc(C6C=C(c7ccc(-c8ccccc8)cc7)NC(c7ccccc7)N6)cc5)c5ccccc45)c4ccccc34)cc2)NC(c2ccccc2)NC1c1ccc(-c2ccccc2)cc1. The maximum absolute atomic E-state index is 3.91. The van der Waals surface area contributed by atoms with E-state index in [0.29, 0.717) is 0 Å². The molecule has 0 spiro atoms. The second-order valence-corrected chi connectivity index (χ2v) is 21.0. The van der Waals surface area contributed by atoms with Crippen molar-refractivity contribution in [1.82, 2.24) is 21.3 Å². The normalized spacial score (nSPS) is 17.0. The molecule has 0 radical (unpaired) electrons. The first-order valence-corrected chi connectivity index (χ1v) is 27.8. The molecule has 4 atom stereocenters. The molecule has 80 heavy (non-hydrogen) atoms. The zero-order valence-corrected chi connectivity index (χ0v) is 44.2. The van der Waals surface area contributed by atoms with Gasteiger partial charge in [0.1, 0.15) is 12.3 Å². The molecule has 0 bridgehead atoms. The number of benzene rings is 12. The van der Waals surface area contributed by atoms with Gasteiger partial charge in [0.05, 0.1) is 12.1 Å². The Balaban J connectivity index is 0.749. The summed E-state index contributed by atoms with van der Waals surface area (Å²) in [4.78, 5) is 0. The molecule has 2 aliphatic heterocycles. The number of nitrogens with one attached hydrogen (secondary N) is 4. The van der Waals surface area contributed by atoms with E-state index in [0.717, 1.165) is 22.5 Å². The summed E-state index contributed by atoms with van der Waals surface area (Å²) >= 11 is 0. The van der Waals surface area contributed by atoms with Crippen LogP contribution in [0.25, 0.3) is 88.6 Å². The Hall–Kier alpha value is -9.84. The van der Waals surface area contributed by atoms with Gasteiger partial charge in [-0.1, -0.05) is 291 Å². The fourth-order valence-corrected chi connectivity index (χ4v) is 11.9. The summed E-state index contributed by atoms with van der Waals surface area (Å²) in [6.45, 7) is 0. The van der Waals surface area contributed by atoms with Gasteiger partial charge in [0.15, 0.2) is 0 Å². The highest BCUT2D eigenvalue weighted by molar-refractivity contribution is 6.12. The summed E-state index contributed by atoms with van der Waals surface area (Å²) in [6.07, 6.45) is 4.54. The molecule has 0 saturated heterocycles. The predicted octanol–water partition coefficient (Wildman–Crippen LogP) is 18.3. The summed E-state index contributed by atoms with van der Waals surface area (Å²) in [5.41, 5.74) is 21.5. The molecule has 2 heterocycles. The highest BCUT2D eigenvalue weighted by Gasteiger charge is 2.26. The van der Waals surface area contributed by atoms with Gasteiger partial charge in [-0.3, -0.25) is 10.6 Å². The van der Waals surface area contributed by atoms with Gasteiger partial charge in [0, 0.05) is 11.4 Å². The minimum absolute atomic E-state index is 0.00754. The predicted molar refractivity (Wildman–Crippen MR) is 334 cm³/mol. The quantitative estimate of drug-likeness (QED) is 0.104. The van der Waals surface area contributed by atoms with E-state index in [4.69, 9.17) is 0 Å². The van der Waals surface area contributed by atoms with E-state index < -0.39 is 0 Å². The fourth-order valence-electron chi connectivity index (χ4n) is 11.9. The topological polar surface area (TPSA) is 48.1 Å². The van der Waals surface area contributed by atoms with Crippen molar-refractivity contribution in [2.75, 3.05) is 0 Å². The summed E-state index contributed by atoms with van der Waals surface area (Å²) < 4.78 is 0. The Morgan fingerprint density at radius 1 is 0.200 bits per heavy atom. The zero-order chi connectivity index (χ0) is 53.2. The van der Waals surface area contributed by atoms with Crippen molar-refractivity contribution in [2.24, 2.45) is 0 Å². The molecular formula is C76H58N4. The van der Waals surface area contributed by atoms with E-state index in [1.54, 1.807) is 0 Å². The third-order valence-electron chi connectivity index (χ3n) is 16.1. The molecule has 4 heteroatoms. The van der Waals surface area contributed by atoms with E-state index >= 15 is 0 Å². The van der Waals surface area contributed by atoms with Crippen molar-refractivity contribution in [1.29, 1.82) is 0 Å². The number of hydrogen-bond acceptors (Lipinski definition) is 4. The van der Waals surface area contributed by atoms with Crippen LogP contribution in [-0.2, 0) is 0 Å². The van der Waals surface area contributed by atoms with Gasteiger partial charge < -0.3 is 10.6 Å². The Bertz CT molecular complexity index is 4190. The molecule has 4 nitrogen and oxygen atoms in total. The first-order chi connectivity index (χ1) is 39.6. The van der Waals surface area contributed by atoms with Crippen LogP contribution in [0.15, 0.2) is 303 Å². The van der Waals surface area contributed by atoms with Crippen LogP contribution < -0.4 is 21.3 Å². The zero-order valence-electron chi connectivity index (χ0n) is 44.2. The molecule has 14 rings (SSSR count). The van der Waals surface area contributed by atoms with Crippen LogP contribution >= 0.6 is 0 Å². The average molecular weight is 1030 g/mol. The average Bonchev–Trinajstić information content (AvgIpc) is 3.57. The van der Waals surface area contributed by atoms with E-state index in [2.05, 4.69) is 325 Å². The van der Waals surface area contributed by atoms with Gasteiger partial charge >= 0.3 is 0 Å². The van der Waals surface area contributed by atoms with E-state index in [1.807, 2.05) is 0 Å². The molecule has 0 amide bonds. The Labute approximate surface area is 468 Å². The standard InChI is InChI=1S/C76H58N4/c1-5-17-51(18-6-1)53-29-37-57(38-30-53)71-49-73(79-75(77-71)61-21-9-3-10-22-61)59-41-33-55(34-42-59)63-45-47-69(67-27-15-13-25-65(63)67)70-48-46-64(66-26-14-16-28-68(66)70)56-35-43-60(44-36-56)74-50-72(78-76(80-74)62-23-11-4-12-24-62)58-39-31-54(32-40-58)52-19-7-2-8-20-52/h1-50,71,74-80H. The van der Waals surface area contributed by atoms with Crippen LogP contribution in [0, 0.1) is 0 Å². The lowest BCUT2D eigenvalue weighted by Gasteiger charge is -2.33. The van der Waals surface area contributed by atoms with Gasteiger partial charge in [0.25, 0.3) is 0 Å². The number of rotatable bonds is 11. The smallest absolute Gasteiger partial charge is 0.104 e. The third-order valence-corrected chi connectivity index (χ3v) is 16.1. The lowest BCUT2D eigenvalue weighted by Crippen LogP contribution is -2.39. The van der Waals surface area contributed by atoms with Crippen LogP contribution in [0.3, 0.4) is 0 Å². The van der Waals surface area contributed by atoms with Crippen molar-refractivity contribution in [3.63, 3.8) is 0 Å². The highest BCUT2D eigenvalue weighted by Crippen LogP contribution is 2.42. The van der Waals surface area contributed by atoms with Crippen molar-refractivity contribution in [3.8, 4) is 55.6 Å². The Morgan fingerprint density at radius 3 is 0.863 bits per heavy atom. The van der Waals surface area contributed by atoms with E-state index in [1.165, 1.54) is 99.4 Å². The molecule has 0 aliphatic carbocycles. The van der Waals surface area contributed by atoms with Gasteiger partial charge in [-0.05, 0) is 123 Å². The van der Waals surface area contributed by atoms with Gasteiger partial charge in [-0.25, -0.2) is 0 Å². The van der Waals surface area contributed by atoms with Crippen molar-refractivity contribution in [2.45, 2.75) is 24.4 Å². The van der Waals surface area contributed by atoms with Gasteiger partial charge in [-0.15, -0.1) is 0 Å². The van der Waals surface area contributed by atoms with Crippen LogP contribution in [0.4, 0.5) is 0 Å². The second kappa shape index (κ2) is 21.5. The molecule has 4 unspecified atom stereocenters. The molecule has 0 fully saturated rings. The summed E-state index contributed by atoms with van der Waals surface area (Å²) in [6, 6.07) is 106. The van der Waals surface area contributed by atoms with Crippen molar-refractivity contribution < 1.29 is 0 Å². The highest BCUT2D eigenvalue weighted by atomic mass is 15.2. The number of fused-ring (bicyclic) bond motifs is 2. The largest absolute Gasteiger partial charge is 0.366 e. The van der Waals surface area contributed by atoms with Crippen LogP contribution in [0.2, 0.25) is 0 Å². The Kier molecular flexibility index (Phi) is 13.1. The molecule has 4 N–H and O–H groups in total. The molecule has 12 aromatic rings. The molecule has 12 aromatic carbocycles. The van der Waals surface area contributed by atoms with Crippen LogP contribution in [-0.4, -0.2) is 0 Å². The minimum Gasteiger partial charge on any atom is -0.366 e. The maximum Gasteiger partial charge on any atom is 0.104 e. The molecule has 382 valence electrons. The molecule has 0 aromatic heterocycles. The number of hydrogen-bond donors (Lipinski definition) is 4. The summed E-state index contributed by atoms with van der Waals surface area (Å²) in [5, 5.41) is 20.4.